The molecule has 0 aliphatic carbocycles. The van der Waals surface area contributed by atoms with E-state index >= 15 is 0 Å². The number of amides is 1. The zero-order valence-electron chi connectivity index (χ0n) is 8.04. The van der Waals surface area contributed by atoms with Gasteiger partial charge in [-0.2, -0.15) is 0 Å². The van der Waals surface area contributed by atoms with Gasteiger partial charge in [-0.05, 0) is 0 Å². The molecule has 1 rings (SSSR count). The van der Waals surface area contributed by atoms with Crippen LogP contribution in [0.15, 0.2) is 12.4 Å². The van der Waals surface area contributed by atoms with Gasteiger partial charge in [-0.3, -0.25) is 4.79 Å². The molecule has 15 heavy (non-hydrogen) atoms. The van der Waals surface area contributed by atoms with Crippen LogP contribution in [0.5, 0.6) is 0 Å². The van der Waals surface area contributed by atoms with Crippen molar-refractivity contribution in [2.45, 2.75) is 0 Å². The summed E-state index contributed by atoms with van der Waals surface area (Å²) in [5.41, 5.74) is 4.84. The van der Waals surface area contributed by atoms with Crippen molar-refractivity contribution in [1.82, 2.24) is 9.97 Å². The minimum absolute atomic E-state index is 0.00109. The number of carboxylic acids is 1. The summed E-state index contributed by atoms with van der Waals surface area (Å²) in [7, 11) is 1.61. The molecule has 0 aliphatic rings. The Morgan fingerprint density at radius 2 is 2.13 bits per heavy atom. The van der Waals surface area contributed by atoms with E-state index < -0.39 is 11.9 Å². The number of hydrogen-bond donors (Lipinski definition) is 2. The number of aromatic carboxylic acids is 1. The molecule has 1 heterocycles. The number of carbonyl (C=O) groups excluding carboxylic acids is 1. The first-order chi connectivity index (χ1) is 7.00. The second kappa shape index (κ2) is 4.36. The molecule has 0 fully saturated rings. The number of rotatable bonds is 4. The quantitative estimate of drug-likeness (QED) is 0.666. The van der Waals surface area contributed by atoms with Gasteiger partial charge >= 0.3 is 5.97 Å². The summed E-state index contributed by atoms with van der Waals surface area (Å²) in [4.78, 5) is 30.0. The van der Waals surface area contributed by atoms with Crippen LogP contribution in [0.25, 0.3) is 0 Å². The third kappa shape index (κ3) is 2.90. The molecule has 1 aromatic rings. The van der Waals surface area contributed by atoms with Crippen LogP contribution < -0.4 is 10.6 Å². The predicted molar refractivity (Wildman–Crippen MR) is 51.5 cm³/mol. The van der Waals surface area contributed by atoms with Crippen LogP contribution in [0, 0.1) is 0 Å². The van der Waals surface area contributed by atoms with Crippen molar-refractivity contribution in [3.8, 4) is 0 Å². The molecule has 1 aromatic heterocycles. The molecule has 1 amide bonds. The maximum atomic E-state index is 10.6. The Labute approximate surface area is 85.5 Å². The smallest absolute Gasteiger partial charge is 0.356 e. The van der Waals surface area contributed by atoms with Gasteiger partial charge in [0.05, 0.1) is 18.9 Å². The van der Waals surface area contributed by atoms with Gasteiger partial charge in [0, 0.05) is 7.05 Å². The first-order valence-electron chi connectivity index (χ1n) is 4.05. The zero-order chi connectivity index (χ0) is 11.4. The van der Waals surface area contributed by atoms with E-state index in [0.717, 1.165) is 6.20 Å². The van der Waals surface area contributed by atoms with E-state index in [-0.39, 0.29) is 12.2 Å². The van der Waals surface area contributed by atoms with Crippen molar-refractivity contribution < 1.29 is 14.7 Å². The molecule has 0 bridgehead atoms. The van der Waals surface area contributed by atoms with Crippen LogP contribution in [0.2, 0.25) is 0 Å². The van der Waals surface area contributed by atoms with Gasteiger partial charge in [0.15, 0.2) is 5.69 Å². The second-order valence-electron chi connectivity index (χ2n) is 2.89. The SMILES string of the molecule is CN(CC(N)=O)c1cnc(C(=O)O)cn1. The topological polar surface area (TPSA) is 109 Å². The molecule has 0 aromatic carbocycles. The van der Waals surface area contributed by atoms with Crippen LogP contribution in [-0.2, 0) is 4.79 Å². The van der Waals surface area contributed by atoms with Crippen LogP contribution in [0.1, 0.15) is 10.5 Å². The number of aromatic nitrogens is 2. The number of hydrogen-bond acceptors (Lipinski definition) is 5. The number of primary amides is 1. The monoisotopic (exact) mass is 210 g/mol. The Bertz CT molecular complexity index is 376. The van der Waals surface area contributed by atoms with Crippen LogP contribution in [0.4, 0.5) is 5.82 Å². The van der Waals surface area contributed by atoms with Crippen molar-refractivity contribution >= 4 is 17.7 Å². The van der Waals surface area contributed by atoms with E-state index in [4.69, 9.17) is 10.8 Å². The molecule has 0 radical (unpaired) electrons. The van der Waals surface area contributed by atoms with Gasteiger partial charge in [-0.15, -0.1) is 0 Å². The highest BCUT2D eigenvalue weighted by Gasteiger charge is 2.08. The Hall–Kier alpha value is -2.18. The van der Waals surface area contributed by atoms with E-state index in [9.17, 15) is 9.59 Å². The molecule has 0 saturated carbocycles. The number of nitrogens with zero attached hydrogens (tertiary/aromatic N) is 3. The average Bonchev–Trinajstić information content (AvgIpc) is 2.17. The van der Waals surface area contributed by atoms with Gasteiger partial charge in [0.1, 0.15) is 5.82 Å². The highest BCUT2D eigenvalue weighted by Crippen LogP contribution is 2.05. The standard InChI is InChI=1S/C8H10N4O3/c1-12(4-6(9)13)7-3-10-5(2-11-7)8(14)15/h2-3H,4H2,1H3,(H2,9,13)(H,14,15). The van der Waals surface area contributed by atoms with Gasteiger partial charge < -0.3 is 15.7 Å². The lowest BCUT2D eigenvalue weighted by Gasteiger charge is -2.14. The van der Waals surface area contributed by atoms with Gasteiger partial charge in [-0.25, -0.2) is 14.8 Å². The Morgan fingerprint density at radius 1 is 1.47 bits per heavy atom. The lowest BCUT2D eigenvalue weighted by Crippen LogP contribution is -2.31. The fraction of sp³-hybridized carbons (Fsp3) is 0.250. The van der Waals surface area contributed by atoms with Crippen LogP contribution in [-0.4, -0.2) is 40.5 Å². The van der Waals surface area contributed by atoms with Gasteiger partial charge in [0.25, 0.3) is 0 Å². The number of carbonyl (C=O) groups is 2. The van der Waals surface area contributed by atoms with Crippen LogP contribution in [0.3, 0.4) is 0 Å². The van der Waals surface area contributed by atoms with E-state index in [0.29, 0.717) is 5.82 Å². The number of nitrogens with two attached hydrogens (primary N) is 1. The molecular formula is C8H10N4O3. The third-order valence-electron chi connectivity index (χ3n) is 1.64. The maximum absolute atomic E-state index is 10.6. The van der Waals surface area contributed by atoms with E-state index in [2.05, 4.69) is 9.97 Å². The average molecular weight is 210 g/mol. The molecule has 7 nitrogen and oxygen atoms in total. The lowest BCUT2D eigenvalue weighted by atomic mass is 10.4. The summed E-state index contributed by atoms with van der Waals surface area (Å²) in [5.74, 6) is -1.26. The van der Waals surface area contributed by atoms with Gasteiger partial charge in [0.2, 0.25) is 5.91 Å². The first-order valence-corrected chi connectivity index (χ1v) is 4.05. The van der Waals surface area contributed by atoms with Crippen molar-refractivity contribution in [1.29, 1.82) is 0 Å². The Kier molecular flexibility index (Phi) is 3.17. The maximum Gasteiger partial charge on any atom is 0.356 e. The highest BCUT2D eigenvalue weighted by atomic mass is 16.4. The summed E-state index contributed by atoms with van der Waals surface area (Å²) in [6.45, 7) is 0.00109. The minimum Gasteiger partial charge on any atom is -0.476 e. The molecule has 0 spiro atoms. The van der Waals surface area contributed by atoms with E-state index in [1.165, 1.54) is 11.1 Å². The summed E-state index contributed by atoms with van der Waals surface area (Å²) in [6, 6.07) is 0. The minimum atomic E-state index is -1.15. The van der Waals surface area contributed by atoms with Gasteiger partial charge in [-0.1, -0.05) is 0 Å². The molecule has 0 saturated heterocycles. The van der Waals surface area contributed by atoms with Crippen molar-refractivity contribution in [3.05, 3.63) is 18.1 Å². The van der Waals surface area contributed by atoms with Crippen molar-refractivity contribution in [3.63, 3.8) is 0 Å². The number of anilines is 1. The molecular weight excluding hydrogens is 200 g/mol. The largest absolute Gasteiger partial charge is 0.476 e. The Morgan fingerprint density at radius 3 is 2.53 bits per heavy atom. The summed E-state index contributed by atoms with van der Waals surface area (Å²) in [6.07, 6.45) is 2.39. The zero-order valence-corrected chi connectivity index (χ0v) is 8.04. The van der Waals surface area contributed by atoms with Crippen LogP contribution >= 0.6 is 0 Å². The fourth-order valence-corrected chi connectivity index (χ4v) is 0.944. The molecule has 0 aliphatic heterocycles. The number of likely N-dealkylation sites (N-methyl/N-ethyl adjacent to an activating group) is 1. The van der Waals surface area contributed by atoms with E-state index in [1.807, 2.05) is 0 Å². The summed E-state index contributed by atoms with van der Waals surface area (Å²) < 4.78 is 0. The second-order valence-corrected chi connectivity index (χ2v) is 2.89. The molecule has 7 heteroatoms. The first kappa shape index (κ1) is 10.9. The molecule has 0 unspecified atom stereocenters. The fourth-order valence-electron chi connectivity index (χ4n) is 0.944. The third-order valence-corrected chi connectivity index (χ3v) is 1.64. The summed E-state index contributed by atoms with van der Waals surface area (Å²) in [5, 5.41) is 8.57. The molecule has 0 atom stereocenters. The van der Waals surface area contributed by atoms with Crippen molar-refractivity contribution in [2.75, 3.05) is 18.5 Å². The molecule has 3 N–H and O–H groups in total. The Balaban J connectivity index is 2.79. The lowest BCUT2D eigenvalue weighted by molar-refractivity contribution is -0.116. The number of carboxylic acid groups (broad SMARTS) is 1. The normalized spacial score (nSPS) is 9.67. The summed E-state index contributed by atoms with van der Waals surface area (Å²) >= 11 is 0. The predicted octanol–water partition coefficient (Wildman–Crippen LogP) is -0.904. The molecule has 80 valence electrons. The van der Waals surface area contributed by atoms with E-state index in [1.54, 1.807) is 7.05 Å². The highest BCUT2D eigenvalue weighted by molar-refractivity contribution is 5.85. The van der Waals surface area contributed by atoms with Crippen molar-refractivity contribution in [2.24, 2.45) is 5.73 Å².